The molecule has 127 heavy (non-hydrogen) atoms. The number of amides is 4. The third-order valence-electron chi connectivity index (χ3n) is 18.5. The quantitative estimate of drug-likeness (QED) is 0.0200. The monoisotopic (exact) mass is 2600 g/mol. The van der Waals surface area contributed by atoms with E-state index >= 15 is 0 Å². The topological polar surface area (TPSA) is 292 Å². The zero-order chi connectivity index (χ0) is 88.7. The summed E-state index contributed by atoms with van der Waals surface area (Å²) in [4.78, 5) is 78.6. The van der Waals surface area contributed by atoms with Gasteiger partial charge in [-0.05, 0) is 240 Å². The number of aromatic nitrogens is 12. The molecule has 0 saturated heterocycles. The molecule has 0 aliphatic rings. The van der Waals surface area contributed by atoms with E-state index in [0.717, 1.165) is 147 Å². The maximum absolute atomic E-state index is 12.1. The van der Waals surface area contributed by atoms with Crippen LogP contribution in [0.2, 0.25) is 0 Å². The van der Waals surface area contributed by atoms with E-state index in [4.69, 9.17) is 0 Å². The minimum atomic E-state index is -0.0901. The van der Waals surface area contributed by atoms with Gasteiger partial charge in [-0.15, -0.1) is 36.4 Å². The van der Waals surface area contributed by atoms with Crippen LogP contribution in [-0.2, 0) is 0 Å². The molecule has 10 aromatic carbocycles. The molecular formula is C92H82ClI7N16O5PS5-. The van der Waals surface area contributed by atoms with Crippen molar-refractivity contribution in [3.8, 4) is 0 Å². The summed E-state index contributed by atoms with van der Waals surface area (Å²) in [7, 11) is 9.16. The molecule has 17 aromatic rings. The van der Waals surface area contributed by atoms with Gasteiger partial charge in [0.05, 0.1) is 78.3 Å². The van der Waals surface area contributed by atoms with E-state index in [2.05, 4.69) is 226 Å². The van der Waals surface area contributed by atoms with Crippen molar-refractivity contribution < 1.29 is 37.2 Å². The first kappa shape index (κ1) is 103. The number of fused-ring (bicyclic) bond motifs is 5. The number of Topliss-reactive ketones (excluding diaryl/α,β-unsaturated/α-hetero) is 1. The Hall–Kier alpha value is -7.54. The van der Waals surface area contributed by atoms with E-state index in [1.807, 2.05) is 251 Å². The van der Waals surface area contributed by atoms with Crippen LogP contribution >= 0.6 is 202 Å². The summed E-state index contributed by atoms with van der Waals surface area (Å²) in [5.41, 5.74) is 13.9. The van der Waals surface area contributed by atoms with Crippen molar-refractivity contribution in [3.05, 3.63) is 327 Å². The summed E-state index contributed by atoms with van der Waals surface area (Å²) in [5, 5.41) is 50.1. The standard InChI is InChI=1S/2C22H18N4OS.C16H13IN2OS.C16H16N3OPS.C16H15N3OS.ClH.I3.I2.HI/c2*1-23-22(27)18-7-2-3-8-21(18)28-16-10-11-17-19(25-26-20(17)14-16)12-9-15-6-4-5-13-24-15;1-2-14(20)12-5-3-4-6-15(12)21-10-7-8-11-13(9-10)18-19-16(11)17;1-10-12-8-7-11(9-14(12)19(21)18-10)22-15-6-4-3-5-13(15)16(20)17-2;1-10-12-8-7-11(9-14(12)19-18-10)21-15-6-4-3-5-13(15)16(20)17-2;;1-3-2;1-2;/h2*2-14H,1H3,(H,23,27)(H,25,26);3-9H,2H2,1H3,(H,18,19);3-9H,21H2,1-2H3,(H,17,20);3-9H,1-2H3,(H,17,20)(H,18,19);1H;;;1H/q;;;;;;-1;;/b2*12-9+;;;;;;;. The van der Waals surface area contributed by atoms with Gasteiger partial charge < -0.3 is 21.3 Å². The van der Waals surface area contributed by atoms with Crippen LogP contribution < -0.4 is 34.5 Å². The first-order valence-corrected chi connectivity index (χ1v) is 62.7. The number of nitrogens with zero attached hydrogens (tertiary/aromatic N) is 8. The summed E-state index contributed by atoms with van der Waals surface area (Å²) in [6.45, 7) is 5.89. The number of rotatable bonds is 20. The van der Waals surface area contributed by atoms with Crippen molar-refractivity contribution in [1.29, 1.82) is 0 Å². The third-order valence-corrected chi connectivity index (χ3v) is 25.0. The van der Waals surface area contributed by atoms with Gasteiger partial charge in [0.15, 0.2) is 5.78 Å². The van der Waals surface area contributed by atoms with Crippen LogP contribution in [0.15, 0.2) is 310 Å². The Kier molecular flexibility index (Phi) is 43.1. The van der Waals surface area contributed by atoms with E-state index in [0.29, 0.717) is 41.9 Å². The molecule has 8 N–H and O–H groups in total. The summed E-state index contributed by atoms with van der Waals surface area (Å²) < 4.78 is 2.85. The van der Waals surface area contributed by atoms with Gasteiger partial charge in [0.1, 0.15) is 3.70 Å². The average molecular weight is 2610 g/mol. The number of aromatic amines is 4. The summed E-state index contributed by atoms with van der Waals surface area (Å²) in [5.74, 6) is -0.153. The van der Waals surface area contributed by atoms with Gasteiger partial charge in [-0.1, -0.05) is 145 Å². The summed E-state index contributed by atoms with van der Waals surface area (Å²) in [6, 6.07) is 80.5. The molecular weight excluding hydrogens is 2520 g/mol. The molecule has 0 aliphatic carbocycles. The molecule has 0 spiro atoms. The number of carbonyl (C=O) groups excluding carboxylic acids is 5. The van der Waals surface area contributed by atoms with E-state index < -0.39 is 0 Å². The second kappa shape index (κ2) is 53.1. The van der Waals surface area contributed by atoms with Crippen LogP contribution in [-0.4, -0.2) is 118 Å². The third kappa shape index (κ3) is 28.7. The zero-order valence-electron chi connectivity index (χ0n) is 68.7. The fraction of sp³-hybridized carbons (Fsp3) is 0.0870. The minimum absolute atomic E-state index is 0. The van der Waals surface area contributed by atoms with Crippen LogP contribution in [0.4, 0.5) is 0 Å². The number of nitrogens with one attached hydrogen (secondary N) is 8. The molecule has 652 valence electrons. The molecule has 0 bridgehead atoms. The Balaban J connectivity index is 0.000000177. The molecule has 7 aromatic heterocycles. The normalized spacial score (nSPS) is 10.6. The van der Waals surface area contributed by atoms with Gasteiger partial charge in [-0.3, -0.25) is 58.8 Å². The molecule has 17 rings (SSSR count). The van der Waals surface area contributed by atoms with Crippen molar-refractivity contribution in [2.24, 2.45) is 0 Å². The molecule has 0 aliphatic heterocycles. The summed E-state index contributed by atoms with van der Waals surface area (Å²) >= 11 is 19.6. The first-order valence-electron chi connectivity index (χ1n) is 38.1. The van der Waals surface area contributed by atoms with E-state index in [9.17, 15) is 24.0 Å². The van der Waals surface area contributed by atoms with Gasteiger partial charge in [-0.2, -0.15) is 25.5 Å². The number of carbonyl (C=O) groups is 5. The van der Waals surface area contributed by atoms with Gasteiger partial charge in [0.2, 0.25) is 0 Å². The number of ketones is 1. The number of pyridine rings is 2. The molecule has 7 heterocycles. The van der Waals surface area contributed by atoms with E-state index in [1.165, 1.54) is 0 Å². The number of aryl methyl sites for hydroxylation is 2. The SMILES string of the molecule is CCC(=O)c1ccccc1Sc1ccc2c(I)[nH]nc2c1.CNC(=O)c1ccccc1Sc1ccc2c(/C=C/c3ccccn3)n[nH]c2c1.CNC(=O)c1ccccc1Sc1ccc2c(/C=C/c3ccccn3)n[nH]c2c1.CNC(=O)c1ccccc1Sc1ccc2c(C)[nH]nc2c1.CNC(=O)c1ccccc1Sc1ccc2c(C)nn(P)c2c1.Cl.I.II.I[I-]I. The molecule has 1 unspecified atom stereocenters. The second-order valence-electron chi connectivity index (χ2n) is 26.4. The Labute approximate surface area is 848 Å². The van der Waals surface area contributed by atoms with Crippen molar-refractivity contribution in [2.75, 3.05) is 28.2 Å². The zero-order valence-corrected chi connectivity index (χ0v) is 90.0. The fourth-order valence-electron chi connectivity index (χ4n) is 12.4. The van der Waals surface area contributed by atoms with Crippen molar-refractivity contribution in [2.45, 2.75) is 76.1 Å². The summed E-state index contributed by atoms with van der Waals surface area (Å²) in [6.07, 6.45) is 11.8. The first-order chi connectivity index (χ1) is 60.9. The molecule has 0 saturated carbocycles. The van der Waals surface area contributed by atoms with Gasteiger partial charge in [-0.25, -0.2) is 0 Å². The Bertz CT molecular complexity index is 6350. The number of H-pyrrole nitrogens is 4. The van der Waals surface area contributed by atoms with Crippen molar-refractivity contribution >= 4 is 310 Å². The van der Waals surface area contributed by atoms with Gasteiger partial charge in [0.25, 0.3) is 23.6 Å². The number of benzene rings is 10. The second-order valence-corrected chi connectivity index (χ2v) is 49.8. The molecule has 4 amide bonds. The fourth-order valence-corrected chi connectivity index (χ4v) is 18.3. The van der Waals surface area contributed by atoms with E-state index in [-0.39, 0.29) is 65.8 Å². The van der Waals surface area contributed by atoms with Crippen molar-refractivity contribution in [3.63, 3.8) is 0 Å². The van der Waals surface area contributed by atoms with Crippen LogP contribution in [0.25, 0.3) is 78.8 Å². The number of hydrogen-bond donors (Lipinski definition) is 8. The van der Waals surface area contributed by atoms with Crippen LogP contribution in [0, 0.1) is 17.5 Å². The van der Waals surface area contributed by atoms with Gasteiger partial charge in [0, 0.05) is 171 Å². The predicted octanol–water partition coefficient (Wildman–Crippen LogP) is 22.7. The maximum atomic E-state index is 12.1. The molecule has 21 nitrogen and oxygen atoms in total. The Morgan fingerprint density at radius 2 is 0.748 bits per heavy atom. The van der Waals surface area contributed by atoms with Gasteiger partial charge >= 0.3 is 50.5 Å². The Morgan fingerprint density at radius 3 is 1.13 bits per heavy atom. The van der Waals surface area contributed by atoms with Crippen LogP contribution in [0.3, 0.4) is 0 Å². The van der Waals surface area contributed by atoms with E-state index in [1.54, 1.807) is 104 Å². The number of halogens is 8. The molecule has 35 heteroatoms. The average Bonchev–Trinajstić information content (AvgIpc) is 1.68. The van der Waals surface area contributed by atoms with Crippen LogP contribution in [0.1, 0.15) is 99.3 Å². The van der Waals surface area contributed by atoms with Crippen molar-refractivity contribution in [1.82, 2.24) is 81.6 Å². The molecule has 1 atom stereocenters. The molecule has 0 radical (unpaired) electrons. The van der Waals surface area contributed by atoms with Crippen LogP contribution in [0.5, 0.6) is 0 Å². The molecule has 0 fully saturated rings. The predicted molar refractivity (Wildman–Crippen MR) is 577 cm³/mol. The Morgan fingerprint density at radius 1 is 0.417 bits per heavy atom. The number of hydrogen-bond acceptors (Lipinski definition) is 17.